The molecular weight excluding hydrogens is 292 g/mol. The zero-order chi connectivity index (χ0) is 17.0. The van der Waals surface area contributed by atoms with Crippen LogP contribution in [0.2, 0.25) is 0 Å². The fraction of sp³-hybridized carbons (Fsp3) is 0.444. The van der Waals surface area contributed by atoms with E-state index in [1.165, 1.54) is 0 Å². The van der Waals surface area contributed by atoms with Crippen LogP contribution < -0.4 is 5.32 Å². The maximum atomic E-state index is 12.3. The van der Waals surface area contributed by atoms with Crippen LogP contribution in [0.15, 0.2) is 30.5 Å². The maximum absolute atomic E-state index is 12.3. The van der Waals surface area contributed by atoms with Gasteiger partial charge in [0.15, 0.2) is 0 Å². The molecule has 1 amide bonds. The number of benzene rings is 1. The van der Waals surface area contributed by atoms with E-state index in [4.69, 9.17) is 0 Å². The number of hydrogen-bond acceptors (Lipinski definition) is 2. The molecule has 1 aromatic heterocycles. The molecule has 124 valence electrons. The Hall–Kier alpha value is -2.30. The van der Waals surface area contributed by atoms with E-state index in [0.717, 1.165) is 23.0 Å². The standard InChI is InChI=1S/C18H24N2O3/c1-4-20-11-13(14-7-5-6-8-16(14)20)10-17(21)19-15(18(22)23)9-12(2)3/h5-8,11-12,15H,4,9-10H2,1-3H3,(H,19,21)(H,22,23). The molecule has 0 fully saturated rings. The molecule has 0 aliphatic rings. The van der Waals surface area contributed by atoms with Crippen LogP contribution in [0.4, 0.5) is 0 Å². The average molecular weight is 316 g/mol. The lowest BCUT2D eigenvalue weighted by Crippen LogP contribution is -2.42. The Labute approximate surface area is 136 Å². The Morgan fingerprint density at radius 3 is 2.57 bits per heavy atom. The lowest BCUT2D eigenvalue weighted by Gasteiger charge is -2.16. The molecule has 0 radical (unpaired) electrons. The molecule has 0 aliphatic heterocycles. The highest BCUT2D eigenvalue weighted by Crippen LogP contribution is 2.21. The van der Waals surface area contributed by atoms with Gasteiger partial charge in [-0.3, -0.25) is 4.79 Å². The summed E-state index contributed by atoms with van der Waals surface area (Å²) < 4.78 is 2.10. The number of nitrogens with one attached hydrogen (secondary N) is 1. The lowest BCUT2D eigenvalue weighted by molar-refractivity contribution is -0.142. The summed E-state index contributed by atoms with van der Waals surface area (Å²) in [7, 11) is 0. The normalized spacial score (nSPS) is 12.5. The summed E-state index contributed by atoms with van der Waals surface area (Å²) in [5, 5.41) is 12.9. The molecule has 23 heavy (non-hydrogen) atoms. The van der Waals surface area contributed by atoms with Gasteiger partial charge in [0.1, 0.15) is 6.04 Å². The number of aliphatic carboxylic acids is 1. The number of carboxylic acid groups (broad SMARTS) is 1. The van der Waals surface area contributed by atoms with Crippen LogP contribution in [0.25, 0.3) is 10.9 Å². The van der Waals surface area contributed by atoms with Gasteiger partial charge in [-0.1, -0.05) is 32.0 Å². The summed E-state index contributed by atoms with van der Waals surface area (Å²) in [6, 6.07) is 7.11. The highest BCUT2D eigenvalue weighted by molar-refractivity contribution is 5.91. The third kappa shape index (κ3) is 4.12. The Balaban J connectivity index is 2.15. The molecule has 1 atom stereocenters. The van der Waals surface area contributed by atoms with Crippen molar-refractivity contribution in [3.8, 4) is 0 Å². The van der Waals surface area contributed by atoms with Gasteiger partial charge in [-0.25, -0.2) is 4.79 Å². The van der Waals surface area contributed by atoms with Crippen LogP contribution in [-0.2, 0) is 22.6 Å². The number of carbonyl (C=O) groups excluding carboxylic acids is 1. The molecule has 0 aliphatic carbocycles. The SMILES string of the molecule is CCn1cc(CC(=O)NC(CC(C)C)C(=O)O)c2ccccc21. The third-order valence-corrected chi connectivity index (χ3v) is 3.90. The number of para-hydroxylation sites is 1. The van der Waals surface area contributed by atoms with Crippen molar-refractivity contribution in [2.75, 3.05) is 0 Å². The van der Waals surface area contributed by atoms with Crippen molar-refractivity contribution in [3.05, 3.63) is 36.0 Å². The summed E-state index contributed by atoms with van der Waals surface area (Å²) in [6.07, 6.45) is 2.59. The molecule has 0 saturated heterocycles. The van der Waals surface area contributed by atoms with Gasteiger partial charge in [0.05, 0.1) is 6.42 Å². The van der Waals surface area contributed by atoms with Gasteiger partial charge >= 0.3 is 5.97 Å². The fourth-order valence-corrected chi connectivity index (χ4v) is 2.84. The summed E-state index contributed by atoms with van der Waals surface area (Å²) in [5.41, 5.74) is 2.02. The molecule has 1 aromatic carbocycles. The van der Waals surface area contributed by atoms with Crippen molar-refractivity contribution in [2.45, 2.75) is 46.2 Å². The molecule has 2 aromatic rings. The average Bonchev–Trinajstić information content (AvgIpc) is 2.84. The van der Waals surface area contributed by atoms with Crippen LogP contribution in [0.5, 0.6) is 0 Å². The summed E-state index contributed by atoms with van der Waals surface area (Å²) >= 11 is 0. The number of fused-ring (bicyclic) bond motifs is 1. The molecule has 5 nitrogen and oxygen atoms in total. The zero-order valence-electron chi connectivity index (χ0n) is 13.9. The van der Waals surface area contributed by atoms with Crippen molar-refractivity contribution < 1.29 is 14.7 Å². The van der Waals surface area contributed by atoms with Crippen molar-refractivity contribution in [3.63, 3.8) is 0 Å². The van der Waals surface area contributed by atoms with Crippen molar-refractivity contribution in [1.82, 2.24) is 9.88 Å². The molecule has 5 heteroatoms. The van der Waals surface area contributed by atoms with E-state index >= 15 is 0 Å². The van der Waals surface area contributed by atoms with Crippen LogP contribution >= 0.6 is 0 Å². The number of aromatic nitrogens is 1. The highest BCUT2D eigenvalue weighted by atomic mass is 16.4. The Bertz CT molecular complexity index is 703. The first-order valence-corrected chi connectivity index (χ1v) is 8.01. The van der Waals surface area contributed by atoms with Gasteiger partial charge in [0.2, 0.25) is 5.91 Å². The van der Waals surface area contributed by atoms with Gasteiger partial charge in [-0.2, -0.15) is 0 Å². The topological polar surface area (TPSA) is 71.3 Å². The van der Waals surface area contributed by atoms with Crippen LogP contribution in [-0.4, -0.2) is 27.6 Å². The molecule has 1 heterocycles. The van der Waals surface area contributed by atoms with Gasteiger partial charge in [0, 0.05) is 23.6 Å². The zero-order valence-corrected chi connectivity index (χ0v) is 13.9. The predicted molar refractivity (Wildman–Crippen MR) is 90.3 cm³/mol. The van der Waals surface area contributed by atoms with Gasteiger partial charge in [-0.05, 0) is 30.9 Å². The second-order valence-electron chi connectivity index (χ2n) is 6.22. The van der Waals surface area contributed by atoms with E-state index in [1.807, 2.05) is 44.3 Å². The van der Waals surface area contributed by atoms with E-state index in [-0.39, 0.29) is 18.2 Å². The largest absolute Gasteiger partial charge is 0.480 e. The van der Waals surface area contributed by atoms with E-state index in [0.29, 0.717) is 6.42 Å². The molecule has 2 N–H and O–H groups in total. The number of hydrogen-bond donors (Lipinski definition) is 2. The van der Waals surface area contributed by atoms with Crippen molar-refractivity contribution in [2.24, 2.45) is 5.92 Å². The van der Waals surface area contributed by atoms with E-state index in [9.17, 15) is 14.7 Å². The van der Waals surface area contributed by atoms with Crippen molar-refractivity contribution in [1.29, 1.82) is 0 Å². The smallest absolute Gasteiger partial charge is 0.326 e. The predicted octanol–water partition coefficient (Wildman–Crippen LogP) is 2.82. The van der Waals surface area contributed by atoms with Crippen LogP contribution in [0.3, 0.4) is 0 Å². The Morgan fingerprint density at radius 2 is 1.96 bits per heavy atom. The van der Waals surface area contributed by atoms with E-state index in [1.54, 1.807) is 0 Å². The van der Waals surface area contributed by atoms with Gasteiger partial charge in [-0.15, -0.1) is 0 Å². The second-order valence-corrected chi connectivity index (χ2v) is 6.22. The minimum atomic E-state index is -0.983. The Morgan fingerprint density at radius 1 is 1.26 bits per heavy atom. The summed E-state index contributed by atoms with van der Waals surface area (Å²) in [4.78, 5) is 23.5. The molecule has 0 bridgehead atoms. The summed E-state index contributed by atoms with van der Waals surface area (Å²) in [5.74, 6) is -1.03. The van der Waals surface area contributed by atoms with Gasteiger partial charge < -0.3 is 15.0 Å². The molecular formula is C18H24N2O3. The first kappa shape index (κ1) is 17.1. The fourth-order valence-electron chi connectivity index (χ4n) is 2.84. The maximum Gasteiger partial charge on any atom is 0.326 e. The number of carbonyl (C=O) groups is 2. The second kappa shape index (κ2) is 7.31. The summed E-state index contributed by atoms with van der Waals surface area (Å²) in [6.45, 7) is 6.76. The highest BCUT2D eigenvalue weighted by Gasteiger charge is 2.21. The number of rotatable bonds is 7. The molecule has 2 rings (SSSR count). The van der Waals surface area contributed by atoms with Crippen molar-refractivity contribution >= 4 is 22.8 Å². The van der Waals surface area contributed by atoms with Crippen LogP contribution in [0, 0.1) is 5.92 Å². The minimum absolute atomic E-state index is 0.190. The Kier molecular flexibility index (Phi) is 5.42. The number of aryl methyl sites for hydroxylation is 1. The quantitative estimate of drug-likeness (QED) is 0.825. The molecule has 1 unspecified atom stereocenters. The van der Waals surface area contributed by atoms with Crippen LogP contribution in [0.1, 0.15) is 32.8 Å². The number of nitrogens with zero attached hydrogens (tertiary/aromatic N) is 1. The molecule has 0 spiro atoms. The lowest BCUT2D eigenvalue weighted by atomic mass is 10.0. The minimum Gasteiger partial charge on any atom is -0.480 e. The number of carboxylic acids is 1. The first-order valence-electron chi connectivity index (χ1n) is 8.01. The van der Waals surface area contributed by atoms with E-state index < -0.39 is 12.0 Å². The van der Waals surface area contributed by atoms with Gasteiger partial charge in [0.25, 0.3) is 0 Å². The van der Waals surface area contributed by atoms with E-state index in [2.05, 4.69) is 16.8 Å². The number of amides is 1. The first-order chi connectivity index (χ1) is 10.9. The molecule has 0 saturated carbocycles. The third-order valence-electron chi connectivity index (χ3n) is 3.90. The monoisotopic (exact) mass is 316 g/mol.